The summed E-state index contributed by atoms with van der Waals surface area (Å²) in [6, 6.07) is 0. The molecule has 1 atom stereocenters. The van der Waals surface area contributed by atoms with Crippen molar-refractivity contribution in [1.29, 1.82) is 0 Å². The number of nitrogens with zero attached hydrogens (tertiary/aromatic N) is 1. The molecule has 0 spiro atoms. The first-order valence-corrected chi connectivity index (χ1v) is 6.02. The van der Waals surface area contributed by atoms with Crippen molar-refractivity contribution >= 4 is 0 Å². The highest BCUT2D eigenvalue weighted by molar-refractivity contribution is 4.91. The number of hydrogen-bond acceptors (Lipinski definition) is 1. The van der Waals surface area contributed by atoms with E-state index in [1.54, 1.807) is 0 Å². The van der Waals surface area contributed by atoms with E-state index in [-0.39, 0.29) is 0 Å². The Hall–Kier alpha value is -0.0400. The van der Waals surface area contributed by atoms with E-state index < -0.39 is 0 Å². The van der Waals surface area contributed by atoms with Crippen molar-refractivity contribution < 1.29 is 0 Å². The van der Waals surface area contributed by atoms with E-state index in [4.69, 9.17) is 0 Å². The molecule has 0 N–H and O–H groups in total. The highest BCUT2D eigenvalue weighted by atomic mass is 15.1. The number of hydrogen-bond donors (Lipinski definition) is 0. The lowest BCUT2D eigenvalue weighted by Gasteiger charge is -2.47. The van der Waals surface area contributed by atoms with Crippen LogP contribution in [-0.2, 0) is 0 Å². The summed E-state index contributed by atoms with van der Waals surface area (Å²) in [7, 11) is 4.35. The molecule has 0 aromatic carbocycles. The molecule has 0 heterocycles. The van der Waals surface area contributed by atoms with E-state index in [1.807, 2.05) is 0 Å². The van der Waals surface area contributed by atoms with Crippen LogP contribution in [0, 0.1) is 16.2 Å². The average molecular weight is 213 g/mol. The van der Waals surface area contributed by atoms with Gasteiger partial charge in [0.15, 0.2) is 0 Å². The minimum absolute atomic E-state index is 0.352. The molecule has 0 aromatic rings. The predicted molar refractivity (Wildman–Crippen MR) is 70.2 cm³/mol. The first-order chi connectivity index (χ1) is 6.37. The lowest BCUT2D eigenvalue weighted by atomic mass is 9.61. The van der Waals surface area contributed by atoms with Gasteiger partial charge in [-0.25, -0.2) is 0 Å². The van der Waals surface area contributed by atoms with E-state index in [0.717, 1.165) is 6.54 Å². The van der Waals surface area contributed by atoms with Crippen LogP contribution in [0.3, 0.4) is 0 Å². The van der Waals surface area contributed by atoms with Gasteiger partial charge < -0.3 is 4.90 Å². The van der Waals surface area contributed by atoms with Gasteiger partial charge in [-0.2, -0.15) is 0 Å². The summed E-state index contributed by atoms with van der Waals surface area (Å²) in [5, 5.41) is 0. The Bertz CT molecular complexity index is 192. The molecule has 0 aromatic heterocycles. The van der Waals surface area contributed by atoms with Crippen LogP contribution in [0.2, 0.25) is 0 Å². The molecule has 1 unspecified atom stereocenters. The maximum atomic E-state index is 2.43. The molecule has 0 amide bonds. The fourth-order valence-corrected chi connectivity index (χ4v) is 2.43. The van der Waals surface area contributed by atoms with Gasteiger partial charge in [-0.1, -0.05) is 48.5 Å². The van der Waals surface area contributed by atoms with Crippen molar-refractivity contribution in [3.05, 3.63) is 0 Å². The van der Waals surface area contributed by atoms with E-state index in [9.17, 15) is 0 Å². The minimum Gasteiger partial charge on any atom is -0.309 e. The van der Waals surface area contributed by atoms with Gasteiger partial charge in [-0.05, 0) is 36.8 Å². The molecule has 0 saturated carbocycles. The van der Waals surface area contributed by atoms with Crippen molar-refractivity contribution in [2.75, 3.05) is 20.6 Å². The molecule has 0 aliphatic heterocycles. The second-order valence-corrected chi connectivity index (χ2v) is 7.79. The molecular weight excluding hydrogens is 182 g/mol. The quantitative estimate of drug-likeness (QED) is 0.684. The second-order valence-electron chi connectivity index (χ2n) is 7.79. The number of rotatable bonds is 3. The molecule has 0 aliphatic rings. The largest absolute Gasteiger partial charge is 0.309 e. The van der Waals surface area contributed by atoms with Crippen LogP contribution < -0.4 is 0 Å². The zero-order chi connectivity index (χ0) is 12.5. The molecule has 0 fully saturated rings. The molecule has 0 radical (unpaired) electrons. The van der Waals surface area contributed by atoms with Crippen molar-refractivity contribution in [2.24, 2.45) is 16.2 Å². The van der Waals surface area contributed by atoms with Crippen LogP contribution in [0.15, 0.2) is 0 Å². The Morgan fingerprint density at radius 1 is 0.800 bits per heavy atom. The third-order valence-electron chi connectivity index (χ3n) is 3.40. The van der Waals surface area contributed by atoms with Crippen LogP contribution in [0.1, 0.15) is 54.9 Å². The van der Waals surface area contributed by atoms with E-state index in [0.29, 0.717) is 16.2 Å². The van der Waals surface area contributed by atoms with Gasteiger partial charge >= 0.3 is 0 Å². The van der Waals surface area contributed by atoms with Crippen LogP contribution in [0.5, 0.6) is 0 Å². The molecule has 1 heteroatoms. The van der Waals surface area contributed by atoms with E-state index in [2.05, 4.69) is 67.5 Å². The standard InChI is InChI=1S/C14H31N/c1-12(2,3)10-14(7,11-15(8)9)13(4,5)6/h10-11H2,1-9H3. The van der Waals surface area contributed by atoms with Gasteiger partial charge in [-0.3, -0.25) is 0 Å². The van der Waals surface area contributed by atoms with E-state index >= 15 is 0 Å². The summed E-state index contributed by atoms with van der Waals surface area (Å²) < 4.78 is 0. The summed E-state index contributed by atoms with van der Waals surface area (Å²) in [5.74, 6) is 0. The third-order valence-corrected chi connectivity index (χ3v) is 3.40. The molecular formula is C14H31N. The first kappa shape index (κ1) is 15.0. The normalized spacial score (nSPS) is 18.0. The third kappa shape index (κ3) is 5.01. The highest BCUT2D eigenvalue weighted by Gasteiger charge is 2.40. The van der Waals surface area contributed by atoms with Crippen LogP contribution in [0.4, 0.5) is 0 Å². The van der Waals surface area contributed by atoms with Crippen LogP contribution in [0.25, 0.3) is 0 Å². The van der Waals surface area contributed by atoms with Crippen LogP contribution >= 0.6 is 0 Å². The fourth-order valence-electron chi connectivity index (χ4n) is 2.43. The monoisotopic (exact) mass is 213 g/mol. The Morgan fingerprint density at radius 2 is 1.20 bits per heavy atom. The second kappa shape index (κ2) is 4.45. The summed E-state index contributed by atoms with van der Waals surface area (Å²) in [6.07, 6.45) is 1.27. The van der Waals surface area contributed by atoms with Gasteiger partial charge in [0.05, 0.1) is 0 Å². The predicted octanol–water partition coefficient (Wildman–Crippen LogP) is 4.04. The lowest BCUT2D eigenvalue weighted by molar-refractivity contribution is 0.0281. The van der Waals surface area contributed by atoms with E-state index in [1.165, 1.54) is 6.42 Å². The van der Waals surface area contributed by atoms with Crippen molar-refractivity contribution in [1.82, 2.24) is 4.90 Å². The zero-order valence-electron chi connectivity index (χ0n) is 12.4. The maximum Gasteiger partial charge on any atom is 0.00344 e. The molecule has 0 rings (SSSR count). The molecule has 92 valence electrons. The Balaban J connectivity index is 4.88. The Labute approximate surface area is 97.2 Å². The smallest absolute Gasteiger partial charge is 0.00344 e. The summed E-state index contributed by atoms with van der Waals surface area (Å²) in [6.45, 7) is 17.7. The minimum atomic E-state index is 0.352. The van der Waals surface area contributed by atoms with Crippen LogP contribution in [-0.4, -0.2) is 25.5 Å². The molecule has 0 saturated heterocycles. The molecule has 0 bridgehead atoms. The fraction of sp³-hybridized carbons (Fsp3) is 1.00. The molecule has 15 heavy (non-hydrogen) atoms. The van der Waals surface area contributed by atoms with Gasteiger partial charge in [0, 0.05) is 6.54 Å². The SMILES string of the molecule is CN(C)CC(C)(CC(C)(C)C)C(C)(C)C. The molecule has 1 nitrogen and oxygen atoms in total. The summed E-state index contributed by atoms with van der Waals surface area (Å²) in [5.41, 5.74) is 1.12. The van der Waals surface area contributed by atoms with Gasteiger partial charge in [0.2, 0.25) is 0 Å². The highest BCUT2D eigenvalue weighted by Crippen LogP contribution is 2.46. The molecule has 0 aliphatic carbocycles. The topological polar surface area (TPSA) is 3.24 Å². The van der Waals surface area contributed by atoms with Crippen molar-refractivity contribution in [3.8, 4) is 0 Å². The zero-order valence-corrected chi connectivity index (χ0v) is 12.4. The summed E-state index contributed by atoms with van der Waals surface area (Å²) >= 11 is 0. The Morgan fingerprint density at radius 3 is 1.40 bits per heavy atom. The lowest BCUT2D eigenvalue weighted by Crippen LogP contribution is -2.43. The maximum absolute atomic E-state index is 2.43. The average Bonchev–Trinajstić information content (AvgIpc) is 1.75. The van der Waals surface area contributed by atoms with Crippen molar-refractivity contribution in [3.63, 3.8) is 0 Å². The van der Waals surface area contributed by atoms with Gasteiger partial charge in [0.25, 0.3) is 0 Å². The van der Waals surface area contributed by atoms with Crippen molar-refractivity contribution in [2.45, 2.75) is 54.9 Å². The van der Waals surface area contributed by atoms with Gasteiger partial charge in [-0.15, -0.1) is 0 Å². The Kier molecular flexibility index (Phi) is 4.44. The summed E-state index contributed by atoms with van der Waals surface area (Å²) in [4.78, 5) is 2.32. The first-order valence-electron chi connectivity index (χ1n) is 6.02. The van der Waals surface area contributed by atoms with Gasteiger partial charge in [0.1, 0.15) is 0 Å².